The van der Waals surface area contributed by atoms with Crippen LogP contribution in [0.2, 0.25) is 0 Å². The Hall–Kier alpha value is -0.0400. The van der Waals surface area contributed by atoms with Gasteiger partial charge in [0, 0.05) is 33.7 Å². The van der Waals surface area contributed by atoms with Crippen molar-refractivity contribution in [2.45, 2.75) is 26.7 Å². The number of nitrogens with one attached hydrogen (secondary N) is 2. The molecule has 0 aromatic rings. The molecule has 18 heavy (non-hydrogen) atoms. The Bertz CT molecular complexity index is 235. The predicted octanol–water partition coefficient (Wildman–Crippen LogP) is 1.77. The monoisotopic (exact) mass is 368 g/mol. The highest BCUT2D eigenvalue weighted by atomic mass is 127. The molecule has 1 aliphatic heterocycles. The van der Waals surface area contributed by atoms with Crippen LogP contribution in [0.3, 0.4) is 0 Å². The van der Waals surface area contributed by atoms with Crippen LogP contribution in [0, 0.1) is 11.8 Å². The van der Waals surface area contributed by atoms with Crippen molar-refractivity contribution < 1.29 is 0 Å². The van der Waals surface area contributed by atoms with Crippen LogP contribution in [0.5, 0.6) is 0 Å². The SMILES string of the molecule is CN=C(NC)NCCCN1CC(C)CC(C)C1.I. The van der Waals surface area contributed by atoms with Crippen LogP contribution in [0.15, 0.2) is 4.99 Å². The van der Waals surface area contributed by atoms with Gasteiger partial charge in [-0.2, -0.15) is 0 Å². The molecule has 0 aliphatic carbocycles. The molecule has 0 radical (unpaired) electrons. The highest BCUT2D eigenvalue weighted by molar-refractivity contribution is 14.0. The Kier molecular flexibility index (Phi) is 9.81. The van der Waals surface area contributed by atoms with Crippen molar-refractivity contribution in [3.63, 3.8) is 0 Å². The van der Waals surface area contributed by atoms with Crippen molar-refractivity contribution in [3.8, 4) is 0 Å². The summed E-state index contributed by atoms with van der Waals surface area (Å²) < 4.78 is 0. The zero-order chi connectivity index (χ0) is 12.7. The molecule has 0 bridgehead atoms. The summed E-state index contributed by atoms with van der Waals surface area (Å²) in [6, 6.07) is 0. The highest BCUT2D eigenvalue weighted by Crippen LogP contribution is 2.20. The van der Waals surface area contributed by atoms with Crippen molar-refractivity contribution in [2.75, 3.05) is 40.3 Å². The zero-order valence-electron chi connectivity index (χ0n) is 12.2. The average Bonchev–Trinajstić information content (AvgIpc) is 2.28. The molecule has 1 heterocycles. The second kappa shape index (κ2) is 9.83. The molecule has 5 heteroatoms. The van der Waals surface area contributed by atoms with Gasteiger partial charge >= 0.3 is 0 Å². The lowest BCUT2D eigenvalue weighted by Crippen LogP contribution is -2.41. The van der Waals surface area contributed by atoms with E-state index in [9.17, 15) is 0 Å². The molecule has 1 saturated heterocycles. The number of rotatable bonds is 4. The van der Waals surface area contributed by atoms with Gasteiger partial charge < -0.3 is 15.5 Å². The lowest BCUT2D eigenvalue weighted by atomic mass is 9.92. The van der Waals surface area contributed by atoms with Gasteiger partial charge in [0.25, 0.3) is 0 Å². The number of aliphatic imine (C=N–C) groups is 1. The Labute approximate surface area is 129 Å². The Balaban J connectivity index is 0.00000289. The lowest BCUT2D eigenvalue weighted by molar-refractivity contribution is 0.140. The van der Waals surface area contributed by atoms with Gasteiger partial charge in [0.05, 0.1) is 0 Å². The minimum absolute atomic E-state index is 0. The van der Waals surface area contributed by atoms with Crippen LogP contribution in [0.25, 0.3) is 0 Å². The number of hydrogen-bond acceptors (Lipinski definition) is 2. The second-order valence-electron chi connectivity index (χ2n) is 5.31. The molecule has 0 amide bonds. The van der Waals surface area contributed by atoms with Crippen LogP contribution in [0.1, 0.15) is 26.7 Å². The third-order valence-electron chi connectivity index (χ3n) is 3.35. The van der Waals surface area contributed by atoms with Gasteiger partial charge in [-0.15, -0.1) is 24.0 Å². The third kappa shape index (κ3) is 6.78. The van der Waals surface area contributed by atoms with Crippen LogP contribution >= 0.6 is 24.0 Å². The van der Waals surface area contributed by atoms with E-state index in [2.05, 4.69) is 34.4 Å². The first-order valence-corrected chi connectivity index (χ1v) is 6.76. The van der Waals surface area contributed by atoms with E-state index >= 15 is 0 Å². The first kappa shape index (κ1) is 18.0. The van der Waals surface area contributed by atoms with Gasteiger partial charge in [0.2, 0.25) is 0 Å². The summed E-state index contributed by atoms with van der Waals surface area (Å²) in [5, 5.41) is 6.32. The lowest BCUT2D eigenvalue weighted by Gasteiger charge is -2.34. The molecule has 0 aromatic carbocycles. The Morgan fingerprint density at radius 2 is 1.89 bits per heavy atom. The summed E-state index contributed by atoms with van der Waals surface area (Å²) >= 11 is 0. The topological polar surface area (TPSA) is 39.7 Å². The zero-order valence-corrected chi connectivity index (χ0v) is 14.5. The van der Waals surface area contributed by atoms with E-state index in [0.29, 0.717) is 0 Å². The van der Waals surface area contributed by atoms with Crippen LogP contribution in [0.4, 0.5) is 0 Å². The van der Waals surface area contributed by atoms with Gasteiger partial charge in [-0.05, 0) is 31.2 Å². The number of piperidine rings is 1. The molecular formula is C13H29IN4. The fraction of sp³-hybridized carbons (Fsp3) is 0.923. The molecule has 2 unspecified atom stereocenters. The molecule has 0 aromatic heterocycles. The third-order valence-corrected chi connectivity index (χ3v) is 3.35. The fourth-order valence-electron chi connectivity index (χ4n) is 2.76. The summed E-state index contributed by atoms with van der Waals surface area (Å²) in [6.45, 7) is 9.46. The molecule has 2 N–H and O–H groups in total. The van der Waals surface area contributed by atoms with E-state index in [4.69, 9.17) is 0 Å². The minimum Gasteiger partial charge on any atom is -0.359 e. The van der Waals surface area contributed by atoms with Crippen LogP contribution in [-0.4, -0.2) is 51.1 Å². The number of hydrogen-bond donors (Lipinski definition) is 2. The molecule has 108 valence electrons. The second-order valence-corrected chi connectivity index (χ2v) is 5.31. The molecular weight excluding hydrogens is 339 g/mol. The van der Waals surface area contributed by atoms with E-state index in [0.717, 1.165) is 24.3 Å². The number of likely N-dealkylation sites (tertiary alicyclic amines) is 1. The van der Waals surface area contributed by atoms with E-state index in [-0.39, 0.29) is 24.0 Å². The number of nitrogens with zero attached hydrogens (tertiary/aromatic N) is 2. The fourth-order valence-corrected chi connectivity index (χ4v) is 2.76. The van der Waals surface area contributed by atoms with Crippen molar-refractivity contribution in [1.82, 2.24) is 15.5 Å². The van der Waals surface area contributed by atoms with Gasteiger partial charge in [-0.3, -0.25) is 4.99 Å². The quantitative estimate of drug-likeness (QED) is 0.344. The highest BCUT2D eigenvalue weighted by Gasteiger charge is 2.20. The van der Waals surface area contributed by atoms with E-state index in [1.165, 1.54) is 32.5 Å². The first-order valence-electron chi connectivity index (χ1n) is 6.76. The van der Waals surface area contributed by atoms with E-state index in [1.54, 1.807) is 7.05 Å². The molecule has 4 nitrogen and oxygen atoms in total. The standard InChI is InChI=1S/C13H28N4.HI/c1-11-8-12(2)10-17(9-11)7-5-6-16-13(14-3)15-4;/h11-12H,5-10H2,1-4H3,(H2,14,15,16);1H. The van der Waals surface area contributed by atoms with Crippen LogP contribution < -0.4 is 10.6 Å². The Morgan fingerprint density at radius 3 is 2.39 bits per heavy atom. The molecule has 1 fully saturated rings. The summed E-state index contributed by atoms with van der Waals surface area (Å²) in [4.78, 5) is 6.70. The van der Waals surface area contributed by atoms with Crippen molar-refractivity contribution in [3.05, 3.63) is 0 Å². The maximum Gasteiger partial charge on any atom is 0.190 e. The maximum absolute atomic E-state index is 4.10. The van der Waals surface area contributed by atoms with Crippen molar-refractivity contribution >= 4 is 29.9 Å². The van der Waals surface area contributed by atoms with E-state index in [1.807, 2.05) is 7.05 Å². The number of halogens is 1. The largest absolute Gasteiger partial charge is 0.359 e. The first-order chi connectivity index (χ1) is 8.15. The van der Waals surface area contributed by atoms with Gasteiger partial charge in [-0.1, -0.05) is 13.8 Å². The van der Waals surface area contributed by atoms with Gasteiger partial charge in [0.15, 0.2) is 5.96 Å². The predicted molar refractivity (Wildman–Crippen MR) is 89.8 cm³/mol. The summed E-state index contributed by atoms with van der Waals surface area (Å²) in [5.41, 5.74) is 0. The minimum atomic E-state index is 0. The summed E-state index contributed by atoms with van der Waals surface area (Å²) in [5.74, 6) is 2.60. The Morgan fingerprint density at radius 1 is 1.28 bits per heavy atom. The average molecular weight is 368 g/mol. The molecule has 1 aliphatic rings. The van der Waals surface area contributed by atoms with Crippen molar-refractivity contribution in [1.29, 1.82) is 0 Å². The molecule has 2 atom stereocenters. The summed E-state index contributed by atoms with van der Waals surface area (Å²) in [6.07, 6.45) is 2.57. The van der Waals surface area contributed by atoms with Crippen molar-refractivity contribution in [2.24, 2.45) is 16.8 Å². The van der Waals surface area contributed by atoms with Crippen LogP contribution in [-0.2, 0) is 0 Å². The molecule has 0 saturated carbocycles. The summed E-state index contributed by atoms with van der Waals surface area (Å²) in [7, 11) is 3.69. The van der Waals surface area contributed by atoms with Gasteiger partial charge in [0.1, 0.15) is 0 Å². The van der Waals surface area contributed by atoms with Gasteiger partial charge in [-0.25, -0.2) is 0 Å². The smallest absolute Gasteiger partial charge is 0.190 e. The molecule has 0 spiro atoms. The molecule has 1 rings (SSSR count). The normalized spacial score (nSPS) is 25.4. The van der Waals surface area contributed by atoms with E-state index < -0.39 is 0 Å². The maximum atomic E-state index is 4.10. The number of guanidine groups is 1.